The van der Waals surface area contributed by atoms with Gasteiger partial charge in [-0.25, -0.2) is 22.3 Å². The minimum absolute atomic E-state index is 0.0966. The first kappa shape index (κ1) is 34.4. The van der Waals surface area contributed by atoms with Crippen LogP contribution in [0, 0.1) is 5.82 Å². The van der Waals surface area contributed by atoms with Gasteiger partial charge in [0.1, 0.15) is 17.7 Å². The van der Waals surface area contributed by atoms with Crippen LogP contribution in [0.3, 0.4) is 0 Å². The Kier molecular flexibility index (Phi) is 10.6. The first-order valence-corrected chi connectivity index (χ1v) is 14.9. The third-order valence-corrected chi connectivity index (χ3v) is 7.25. The van der Waals surface area contributed by atoms with Crippen molar-refractivity contribution < 1.29 is 58.6 Å². The Morgan fingerprint density at radius 1 is 1.09 bits per heavy atom. The van der Waals surface area contributed by atoms with Gasteiger partial charge in [0.15, 0.2) is 0 Å². The number of nitrogens with one attached hydrogen (secondary N) is 1. The zero-order valence-corrected chi connectivity index (χ0v) is 23.9. The molecule has 0 aromatic heterocycles. The van der Waals surface area contributed by atoms with Crippen LogP contribution >= 0.6 is 11.6 Å². The Morgan fingerprint density at radius 3 is 2.23 bits per heavy atom. The van der Waals surface area contributed by atoms with Crippen molar-refractivity contribution in [1.82, 2.24) is 9.62 Å². The Balaban J connectivity index is 0.000000646. The van der Waals surface area contributed by atoms with Crippen LogP contribution in [0.1, 0.15) is 58.6 Å². The molecule has 1 saturated carbocycles. The van der Waals surface area contributed by atoms with Crippen molar-refractivity contribution >= 4 is 33.5 Å². The zero-order valence-electron chi connectivity index (χ0n) is 22.4. The molecule has 238 valence electrons. The first-order chi connectivity index (χ1) is 19.7. The van der Waals surface area contributed by atoms with Crippen LogP contribution in [0.15, 0.2) is 30.3 Å². The van der Waals surface area contributed by atoms with E-state index in [1.54, 1.807) is 4.72 Å². The van der Waals surface area contributed by atoms with Crippen molar-refractivity contribution in [3.63, 3.8) is 0 Å². The van der Waals surface area contributed by atoms with Gasteiger partial charge >= 0.3 is 18.3 Å². The van der Waals surface area contributed by atoms with Crippen LogP contribution in [-0.4, -0.2) is 61.9 Å². The predicted molar refractivity (Wildman–Crippen MR) is 140 cm³/mol. The second-order valence-electron chi connectivity index (χ2n) is 10.1. The molecule has 1 heterocycles. The zero-order chi connectivity index (χ0) is 32.3. The Hall–Kier alpha value is -3.11. The number of carboxylic acids is 1. The molecule has 0 unspecified atom stereocenters. The number of ether oxygens (including phenoxy) is 1. The van der Waals surface area contributed by atoms with Gasteiger partial charge in [-0.05, 0) is 67.5 Å². The number of sulfonamides is 1. The molecular formula is C26H26ClF7N2O6S. The van der Waals surface area contributed by atoms with Crippen molar-refractivity contribution in [2.45, 2.75) is 56.6 Å². The highest BCUT2D eigenvalue weighted by molar-refractivity contribution is 7.89. The van der Waals surface area contributed by atoms with Crippen molar-refractivity contribution in [1.29, 1.82) is 0 Å². The van der Waals surface area contributed by atoms with E-state index in [1.807, 2.05) is 4.90 Å². The highest BCUT2D eigenvalue weighted by atomic mass is 35.5. The summed E-state index contributed by atoms with van der Waals surface area (Å²) in [6, 6.07) is 6.17. The summed E-state index contributed by atoms with van der Waals surface area (Å²) in [6.07, 6.45) is -5.91. The monoisotopic (exact) mass is 662 g/mol. The second kappa shape index (κ2) is 13.3. The summed E-state index contributed by atoms with van der Waals surface area (Å²) in [5.74, 6) is -4.27. The standard InChI is InChI=1S/C24H25ClF4N2O4S.C2HF3O2/c1-36(33,34)30-23(32)18-10-17(15-5-6-15)22(11-21(18)26)35-16-3-2-8-31(13-16)12-14-4-7-19(20(25)9-14)24(27,28)29;3-2(4,5)1(6)7/h4,7,9-11,15-16H,2-3,5-6,8,12-13H2,1H3,(H,30,32);(H,6,7)/t16-;/m1./s1. The second-order valence-corrected chi connectivity index (χ2v) is 12.2. The highest BCUT2D eigenvalue weighted by Crippen LogP contribution is 2.45. The molecular weight excluding hydrogens is 637 g/mol. The molecule has 0 bridgehead atoms. The summed E-state index contributed by atoms with van der Waals surface area (Å²) >= 11 is 5.85. The third kappa shape index (κ3) is 10.2. The van der Waals surface area contributed by atoms with Gasteiger partial charge in [-0.1, -0.05) is 17.7 Å². The number of benzene rings is 2. The fourth-order valence-electron chi connectivity index (χ4n) is 4.36. The van der Waals surface area contributed by atoms with Gasteiger partial charge in [-0.15, -0.1) is 0 Å². The fraction of sp³-hybridized carbons (Fsp3) is 0.462. The quantitative estimate of drug-likeness (QED) is 0.364. The molecule has 0 spiro atoms. The number of piperidine rings is 1. The SMILES string of the molecule is CS(=O)(=O)NC(=O)c1cc(C2CC2)c(O[C@@H]2CCCN(Cc3ccc(C(F)(F)F)c(Cl)c3)C2)cc1F.O=C(O)C(F)(F)F. The Labute approximate surface area is 246 Å². The van der Waals surface area contributed by atoms with Crippen LogP contribution < -0.4 is 9.46 Å². The van der Waals surface area contributed by atoms with Crippen LogP contribution in [0.4, 0.5) is 30.7 Å². The molecule has 2 aromatic carbocycles. The third-order valence-electron chi connectivity index (χ3n) is 6.38. The highest BCUT2D eigenvalue weighted by Gasteiger charge is 2.38. The summed E-state index contributed by atoms with van der Waals surface area (Å²) < 4.78 is 116. The van der Waals surface area contributed by atoms with E-state index in [2.05, 4.69) is 0 Å². The number of likely N-dealkylation sites (tertiary alicyclic amines) is 1. The van der Waals surface area contributed by atoms with Gasteiger partial charge in [-0.2, -0.15) is 26.3 Å². The number of rotatable bonds is 7. The van der Waals surface area contributed by atoms with Crippen molar-refractivity contribution in [3.05, 3.63) is 63.4 Å². The molecule has 0 radical (unpaired) electrons. The predicted octanol–water partition coefficient (Wildman–Crippen LogP) is 5.74. The van der Waals surface area contributed by atoms with E-state index in [-0.39, 0.29) is 22.6 Å². The van der Waals surface area contributed by atoms with E-state index in [0.29, 0.717) is 42.9 Å². The normalized spacial score (nSPS) is 17.9. The van der Waals surface area contributed by atoms with E-state index in [1.165, 1.54) is 18.2 Å². The lowest BCUT2D eigenvalue weighted by Gasteiger charge is -2.33. The fourth-order valence-corrected chi connectivity index (χ4v) is 5.12. The molecule has 8 nitrogen and oxygen atoms in total. The molecule has 1 aliphatic heterocycles. The lowest BCUT2D eigenvalue weighted by atomic mass is 10.0. The van der Waals surface area contributed by atoms with E-state index < -0.39 is 45.6 Å². The van der Waals surface area contributed by atoms with Crippen LogP contribution in [0.2, 0.25) is 5.02 Å². The number of carboxylic acid groups (broad SMARTS) is 1. The number of carbonyl (C=O) groups excluding carboxylic acids is 1. The van der Waals surface area contributed by atoms with Crippen LogP contribution in [0.25, 0.3) is 0 Å². The number of alkyl halides is 6. The van der Waals surface area contributed by atoms with Crippen molar-refractivity contribution in [2.24, 2.45) is 0 Å². The maximum atomic E-state index is 14.8. The average Bonchev–Trinajstić information content (AvgIpc) is 3.68. The summed E-state index contributed by atoms with van der Waals surface area (Å²) in [5, 5.41) is 6.77. The number of aliphatic carboxylic acids is 1. The van der Waals surface area contributed by atoms with E-state index in [0.717, 1.165) is 37.7 Å². The molecule has 2 aliphatic rings. The molecule has 2 N–H and O–H groups in total. The summed E-state index contributed by atoms with van der Waals surface area (Å²) in [4.78, 5) is 23.2. The molecule has 2 aromatic rings. The Morgan fingerprint density at radius 2 is 1.72 bits per heavy atom. The molecule has 1 aliphatic carbocycles. The van der Waals surface area contributed by atoms with Gasteiger partial charge in [0, 0.05) is 19.2 Å². The van der Waals surface area contributed by atoms with Gasteiger partial charge in [0.25, 0.3) is 5.91 Å². The minimum Gasteiger partial charge on any atom is -0.489 e. The summed E-state index contributed by atoms with van der Waals surface area (Å²) in [5.41, 5.74) is 0.0523. The smallest absolute Gasteiger partial charge is 0.489 e. The van der Waals surface area contributed by atoms with Gasteiger partial charge in [-0.3, -0.25) is 9.69 Å². The average molecular weight is 663 g/mol. The van der Waals surface area contributed by atoms with Crippen molar-refractivity contribution in [3.8, 4) is 5.75 Å². The minimum atomic E-state index is -5.08. The van der Waals surface area contributed by atoms with Crippen LogP contribution in [-0.2, 0) is 27.5 Å². The molecule has 1 atom stereocenters. The first-order valence-electron chi connectivity index (χ1n) is 12.6. The topological polar surface area (TPSA) is 113 Å². The van der Waals surface area contributed by atoms with E-state index in [9.17, 15) is 43.9 Å². The number of hydrogen-bond donors (Lipinski definition) is 2. The van der Waals surface area contributed by atoms with Gasteiger partial charge < -0.3 is 9.84 Å². The number of halogens is 8. The van der Waals surface area contributed by atoms with E-state index >= 15 is 0 Å². The summed E-state index contributed by atoms with van der Waals surface area (Å²) in [6.45, 7) is 1.57. The number of nitrogens with zero attached hydrogens (tertiary/aromatic N) is 1. The number of carbonyl (C=O) groups is 2. The summed E-state index contributed by atoms with van der Waals surface area (Å²) in [7, 11) is -3.85. The Bertz CT molecular complexity index is 1460. The molecule has 2 fully saturated rings. The maximum Gasteiger partial charge on any atom is 0.490 e. The largest absolute Gasteiger partial charge is 0.490 e. The van der Waals surface area contributed by atoms with Gasteiger partial charge in [0.05, 0.1) is 22.4 Å². The molecule has 1 saturated heterocycles. The van der Waals surface area contributed by atoms with Gasteiger partial charge in [0.2, 0.25) is 10.0 Å². The lowest BCUT2D eigenvalue weighted by molar-refractivity contribution is -0.192. The molecule has 17 heteroatoms. The van der Waals surface area contributed by atoms with E-state index in [4.69, 9.17) is 26.2 Å². The number of amides is 1. The molecule has 4 rings (SSSR count). The maximum absolute atomic E-state index is 14.8. The number of hydrogen-bond acceptors (Lipinski definition) is 6. The molecule has 43 heavy (non-hydrogen) atoms. The van der Waals surface area contributed by atoms with Crippen molar-refractivity contribution in [2.75, 3.05) is 19.3 Å². The van der Waals surface area contributed by atoms with Crippen LogP contribution in [0.5, 0.6) is 5.75 Å². The lowest BCUT2D eigenvalue weighted by Crippen LogP contribution is -2.40. The molecule has 1 amide bonds.